The summed E-state index contributed by atoms with van der Waals surface area (Å²) in [6.45, 7) is 0. The summed E-state index contributed by atoms with van der Waals surface area (Å²) in [5.41, 5.74) is -0.0792. The van der Waals surface area contributed by atoms with E-state index in [1.807, 2.05) is 0 Å². The first-order valence-corrected chi connectivity index (χ1v) is 9.51. The number of benzene rings is 2. The number of nitrogens with zero attached hydrogens (tertiary/aromatic N) is 1. The van der Waals surface area contributed by atoms with Crippen molar-refractivity contribution in [3.63, 3.8) is 0 Å². The summed E-state index contributed by atoms with van der Waals surface area (Å²) in [4.78, 5) is 12.3. The Balaban J connectivity index is 1.88. The first-order valence-electron chi connectivity index (χ1n) is 7.80. The zero-order valence-electron chi connectivity index (χ0n) is 13.8. The predicted molar refractivity (Wildman–Crippen MR) is 93.2 cm³/mol. The summed E-state index contributed by atoms with van der Waals surface area (Å²) in [7, 11) is -3.64. The number of carbonyl (C=O) groups excluding carboxylic acids is 1. The van der Waals surface area contributed by atoms with Crippen LogP contribution in [0.1, 0.15) is 0 Å². The van der Waals surface area contributed by atoms with Crippen molar-refractivity contribution >= 4 is 21.4 Å². The van der Waals surface area contributed by atoms with Gasteiger partial charge in [0, 0.05) is 11.1 Å². The topological polar surface area (TPSA) is 63.7 Å². The molecule has 0 spiro atoms. The minimum Gasteiger partial charge on any atom is -0.457 e. The standard InChI is InChI=1S/C18H14F3NO4S/c19-18(20,21)17(23)22(14-10-11-27(24,25)12-14)13-6-8-16(9-7-13)26-15-4-2-1-3-5-15/h1-11,14H,12H2/t14-/m1/s1. The van der Waals surface area contributed by atoms with Crippen LogP contribution in [0.25, 0.3) is 0 Å². The van der Waals surface area contributed by atoms with E-state index in [1.165, 1.54) is 24.3 Å². The number of sulfone groups is 1. The maximum absolute atomic E-state index is 13.0. The molecule has 142 valence electrons. The van der Waals surface area contributed by atoms with Gasteiger partial charge in [0.1, 0.15) is 11.5 Å². The van der Waals surface area contributed by atoms with Crippen molar-refractivity contribution in [2.75, 3.05) is 10.7 Å². The highest BCUT2D eigenvalue weighted by molar-refractivity contribution is 7.94. The van der Waals surface area contributed by atoms with E-state index in [-0.39, 0.29) is 5.69 Å². The first kappa shape index (κ1) is 19.0. The highest BCUT2D eigenvalue weighted by Crippen LogP contribution is 2.31. The molecule has 5 nitrogen and oxygen atoms in total. The fraction of sp³-hybridized carbons (Fsp3) is 0.167. The van der Waals surface area contributed by atoms with Gasteiger partial charge in [0.05, 0.1) is 11.8 Å². The number of ether oxygens (including phenoxy) is 1. The first-order chi connectivity index (χ1) is 12.7. The van der Waals surface area contributed by atoms with Gasteiger partial charge in [-0.25, -0.2) is 8.42 Å². The van der Waals surface area contributed by atoms with Crippen LogP contribution in [0.3, 0.4) is 0 Å². The largest absolute Gasteiger partial charge is 0.471 e. The molecule has 0 saturated carbocycles. The number of hydrogen-bond acceptors (Lipinski definition) is 4. The lowest BCUT2D eigenvalue weighted by Crippen LogP contribution is -2.47. The van der Waals surface area contributed by atoms with Gasteiger partial charge in [0.15, 0.2) is 9.84 Å². The second-order valence-corrected chi connectivity index (χ2v) is 7.74. The number of hydrogen-bond donors (Lipinski definition) is 0. The highest BCUT2D eigenvalue weighted by Gasteiger charge is 2.46. The third-order valence-corrected chi connectivity index (χ3v) is 5.18. The predicted octanol–water partition coefficient (Wildman–Crippen LogP) is 3.68. The van der Waals surface area contributed by atoms with E-state index >= 15 is 0 Å². The van der Waals surface area contributed by atoms with Gasteiger partial charge >= 0.3 is 12.1 Å². The molecule has 0 saturated heterocycles. The van der Waals surface area contributed by atoms with E-state index in [2.05, 4.69) is 0 Å². The molecule has 2 aromatic carbocycles. The van der Waals surface area contributed by atoms with E-state index in [1.54, 1.807) is 30.3 Å². The molecule has 1 heterocycles. The van der Waals surface area contributed by atoms with Gasteiger partial charge in [-0.05, 0) is 42.5 Å². The minimum absolute atomic E-state index is 0.0792. The Labute approximate surface area is 153 Å². The van der Waals surface area contributed by atoms with Gasteiger partial charge in [0.25, 0.3) is 0 Å². The number of para-hydroxylation sites is 1. The Kier molecular flexibility index (Phi) is 4.97. The highest BCUT2D eigenvalue weighted by atomic mass is 32.2. The smallest absolute Gasteiger partial charge is 0.457 e. The monoisotopic (exact) mass is 397 g/mol. The van der Waals surface area contributed by atoms with Gasteiger partial charge in [-0.1, -0.05) is 18.2 Å². The minimum atomic E-state index is -5.14. The second-order valence-electron chi connectivity index (χ2n) is 5.81. The molecule has 0 aromatic heterocycles. The van der Waals surface area contributed by atoms with Gasteiger partial charge in [-0.3, -0.25) is 9.69 Å². The van der Waals surface area contributed by atoms with Crippen LogP contribution in [0.15, 0.2) is 66.1 Å². The van der Waals surface area contributed by atoms with Crippen LogP contribution in [0, 0.1) is 0 Å². The summed E-state index contributed by atoms with van der Waals surface area (Å²) in [6, 6.07) is 12.9. The molecule has 1 amide bonds. The van der Waals surface area contributed by atoms with Crippen LogP contribution in [0.5, 0.6) is 11.5 Å². The van der Waals surface area contributed by atoms with Crippen molar-refractivity contribution in [3.8, 4) is 11.5 Å². The number of carbonyl (C=O) groups is 1. The average Bonchev–Trinajstić information content (AvgIpc) is 2.96. The summed E-state index contributed by atoms with van der Waals surface area (Å²) in [6.07, 6.45) is -4.06. The molecule has 1 aliphatic heterocycles. The van der Waals surface area contributed by atoms with E-state index in [0.717, 1.165) is 11.5 Å². The molecular formula is C18H14F3NO4S. The molecule has 27 heavy (non-hydrogen) atoms. The number of anilines is 1. The zero-order valence-corrected chi connectivity index (χ0v) is 14.6. The van der Waals surface area contributed by atoms with Crippen LogP contribution >= 0.6 is 0 Å². The van der Waals surface area contributed by atoms with E-state index < -0.39 is 33.7 Å². The quantitative estimate of drug-likeness (QED) is 0.790. The van der Waals surface area contributed by atoms with Crippen LogP contribution in [0.2, 0.25) is 0 Å². The van der Waals surface area contributed by atoms with E-state index in [9.17, 15) is 26.4 Å². The summed E-state index contributed by atoms with van der Waals surface area (Å²) < 4.78 is 67.7. The average molecular weight is 397 g/mol. The van der Waals surface area contributed by atoms with Gasteiger partial charge < -0.3 is 4.74 Å². The summed E-state index contributed by atoms with van der Waals surface area (Å²) >= 11 is 0. The number of rotatable bonds is 4. The van der Waals surface area contributed by atoms with Crippen LogP contribution in [-0.2, 0) is 14.6 Å². The van der Waals surface area contributed by atoms with Crippen LogP contribution in [-0.4, -0.2) is 32.3 Å². The van der Waals surface area contributed by atoms with Crippen molar-refractivity contribution in [1.82, 2.24) is 0 Å². The molecule has 0 radical (unpaired) electrons. The number of alkyl halides is 3. The zero-order chi connectivity index (χ0) is 19.7. The second kappa shape index (κ2) is 7.07. The molecule has 1 atom stereocenters. The molecule has 0 N–H and O–H groups in total. The van der Waals surface area contributed by atoms with Gasteiger partial charge in [-0.15, -0.1) is 0 Å². The molecule has 2 aromatic rings. The molecule has 9 heteroatoms. The normalized spacial score (nSPS) is 18.3. The van der Waals surface area contributed by atoms with Gasteiger partial charge in [-0.2, -0.15) is 13.2 Å². The Bertz CT molecular complexity index is 954. The van der Waals surface area contributed by atoms with E-state index in [0.29, 0.717) is 16.4 Å². The lowest BCUT2D eigenvalue weighted by molar-refractivity contribution is -0.170. The summed E-state index contributed by atoms with van der Waals surface area (Å²) in [5, 5.41) is 0.821. The number of halogens is 3. The molecule has 0 aliphatic carbocycles. The van der Waals surface area contributed by atoms with Crippen molar-refractivity contribution in [1.29, 1.82) is 0 Å². The van der Waals surface area contributed by atoms with Crippen LogP contribution < -0.4 is 9.64 Å². The lowest BCUT2D eigenvalue weighted by Gasteiger charge is -2.28. The van der Waals surface area contributed by atoms with Crippen molar-refractivity contribution in [2.24, 2.45) is 0 Å². The molecule has 3 rings (SSSR count). The van der Waals surface area contributed by atoms with Crippen molar-refractivity contribution in [2.45, 2.75) is 12.2 Å². The molecule has 1 aliphatic rings. The van der Waals surface area contributed by atoms with Crippen molar-refractivity contribution in [3.05, 3.63) is 66.1 Å². The fourth-order valence-electron chi connectivity index (χ4n) is 2.62. The van der Waals surface area contributed by atoms with E-state index in [4.69, 9.17) is 4.74 Å². The van der Waals surface area contributed by atoms with Crippen molar-refractivity contribution < 1.29 is 31.1 Å². The summed E-state index contributed by atoms with van der Waals surface area (Å²) in [5.74, 6) is -1.83. The lowest BCUT2D eigenvalue weighted by atomic mass is 10.2. The molecule has 0 bridgehead atoms. The molecule has 0 unspecified atom stereocenters. The Hall–Kier alpha value is -2.81. The molecule has 0 fully saturated rings. The molecular weight excluding hydrogens is 383 g/mol. The maximum atomic E-state index is 13.0. The number of amides is 1. The Morgan fingerprint density at radius 1 is 1.00 bits per heavy atom. The van der Waals surface area contributed by atoms with Gasteiger partial charge in [0.2, 0.25) is 0 Å². The Morgan fingerprint density at radius 3 is 2.11 bits per heavy atom. The SMILES string of the molecule is O=C(N(c1ccc(Oc2ccccc2)cc1)[C@@H]1C=CS(=O)(=O)C1)C(F)(F)F. The Morgan fingerprint density at radius 2 is 1.59 bits per heavy atom. The van der Waals surface area contributed by atoms with Crippen LogP contribution in [0.4, 0.5) is 18.9 Å². The third-order valence-electron chi connectivity index (χ3n) is 3.80. The fourth-order valence-corrected chi connectivity index (χ4v) is 3.88. The maximum Gasteiger partial charge on any atom is 0.471 e. The third kappa shape index (κ3) is 4.48.